The van der Waals surface area contributed by atoms with E-state index in [0.717, 1.165) is 56.5 Å². The predicted molar refractivity (Wildman–Crippen MR) is 147 cm³/mol. The number of pyridine rings is 2. The number of hydrogen-bond donors (Lipinski definition) is 1. The first-order valence-electron chi connectivity index (χ1n) is 12.0. The normalized spacial score (nSPS) is 14.3. The molecule has 1 N–H and O–H groups in total. The minimum atomic E-state index is -4.51. The summed E-state index contributed by atoms with van der Waals surface area (Å²) in [7, 11) is 0. The van der Waals surface area contributed by atoms with Crippen LogP contribution in [-0.4, -0.2) is 54.1 Å². The highest BCUT2D eigenvalue weighted by atomic mass is 35.5. The molecular weight excluding hydrogens is 533 g/mol. The van der Waals surface area contributed by atoms with Crippen molar-refractivity contribution in [3.8, 4) is 17.2 Å². The maximum atomic E-state index is 13.4. The van der Waals surface area contributed by atoms with Gasteiger partial charge in [0, 0.05) is 63.0 Å². The van der Waals surface area contributed by atoms with Crippen LogP contribution in [0.15, 0.2) is 59.4 Å². The molecule has 1 aromatic carbocycles. The Morgan fingerprint density at radius 2 is 1.89 bits per heavy atom. The quantitative estimate of drug-likeness (QED) is 0.299. The zero-order valence-corrected chi connectivity index (χ0v) is 22.0. The smallest absolute Gasteiger partial charge is 0.353 e. The van der Waals surface area contributed by atoms with Gasteiger partial charge in [-0.05, 0) is 52.2 Å². The highest BCUT2D eigenvalue weighted by Gasteiger charge is 2.33. The van der Waals surface area contributed by atoms with E-state index in [1.54, 1.807) is 12.3 Å². The van der Waals surface area contributed by atoms with Gasteiger partial charge < -0.3 is 10.2 Å². The third-order valence-corrected chi connectivity index (χ3v) is 7.17. The van der Waals surface area contributed by atoms with Crippen molar-refractivity contribution in [2.45, 2.75) is 12.7 Å². The third kappa shape index (κ3) is 6.25. The number of nitrogens with zero attached hydrogens (tertiary/aromatic N) is 5. The molecule has 1 aliphatic rings. The molecule has 11 heteroatoms. The minimum absolute atomic E-state index is 0. The molecule has 4 heterocycles. The summed E-state index contributed by atoms with van der Waals surface area (Å²) in [6.07, 6.45) is -2.87. The van der Waals surface area contributed by atoms with Crippen molar-refractivity contribution in [2.75, 3.05) is 44.2 Å². The maximum absolute atomic E-state index is 13.4. The first-order chi connectivity index (χ1) is 17.9. The van der Waals surface area contributed by atoms with Crippen molar-refractivity contribution in [3.63, 3.8) is 0 Å². The zero-order chi connectivity index (χ0) is 25.8. The average molecular weight is 559 g/mol. The van der Waals surface area contributed by atoms with E-state index >= 15 is 0 Å². The van der Waals surface area contributed by atoms with Gasteiger partial charge in [0.25, 0.3) is 0 Å². The molecule has 1 aliphatic heterocycles. The minimum Gasteiger partial charge on any atom is -0.353 e. The summed E-state index contributed by atoms with van der Waals surface area (Å²) < 4.78 is 40.3. The van der Waals surface area contributed by atoms with Gasteiger partial charge in [0.1, 0.15) is 11.5 Å². The molecule has 5 rings (SSSR count). The summed E-state index contributed by atoms with van der Waals surface area (Å²) in [5.74, 6) is 0.672. The second-order valence-corrected chi connectivity index (χ2v) is 9.70. The monoisotopic (exact) mass is 558 g/mol. The van der Waals surface area contributed by atoms with Crippen LogP contribution in [0.2, 0.25) is 0 Å². The van der Waals surface area contributed by atoms with Crippen molar-refractivity contribution in [1.29, 1.82) is 5.26 Å². The van der Waals surface area contributed by atoms with Crippen LogP contribution in [-0.2, 0) is 12.7 Å². The van der Waals surface area contributed by atoms with Crippen LogP contribution >= 0.6 is 23.7 Å². The molecule has 3 aromatic heterocycles. The van der Waals surface area contributed by atoms with Crippen LogP contribution in [0.3, 0.4) is 0 Å². The van der Waals surface area contributed by atoms with Gasteiger partial charge in [-0.15, -0.1) is 12.4 Å². The number of aromatic nitrogens is 2. The summed E-state index contributed by atoms with van der Waals surface area (Å²) in [5.41, 5.74) is 2.59. The number of hydrogen-bond acceptors (Lipinski definition) is 7. The number of piperazine rings is 1. The number of nitrogens with one attached hydrogen (secondary N) is 1. The van der Waals surface area contributed by atoms with Crippen molar-refractivity contribution in [2.24, 2.45) is 0 Å². The summed E-state index contributed by atoms with van der Waals surface area (Å²) in [6, 6.07) is 14.1. The molecule has 1 fully saturated rings. The molecule has 6 nitrogen and oxygen atoms in total. The lowest BCUT2D eigenvalue weighted by Gasteiger charge is -2.36. The Morgan fingerprint density at radius 3 is 2.61 bits per heavy atom. The number of anilines is 1. The molecule has 1 saturated heterocycles. The van der Waals surface area contributed by atoms with Gasteiger partial charge >= 0.3 is 6.18 Å². The van der Waals surface area contributed by atoms with Crippen molar-refractivity contribution in [1.82, 2.24) is 20.2 Å². The van der Waals surface area contributed by atoms with Crippen LogP contribution in [0.25, 0.3) is 22.0 Å². The van der Waals surface area contributed by atoms with E-state index in [-0.39, 0.29) is 12.4 Å². The largest absolute Gasteiger partial charge is 0.433 e. The summed E-state index contributed by atoms with van der Waals surface area (Å²) >= 11 is 1.48. The Bertz CT molecular complexity index is 1410. The number of halogens is 4. The molecule has 4 aromatic rings. The molecule has 0 unspecified atom stereocenters. The number of thiophene rings is 1. The van der Waals surface area contributed by atoms with Crippen LogP contribution in [0, 0.1) is 11.3 Å². The van der Waals surface area contributed by atoms with Crippen LogP contribution in [0.4, 0.5) is 19.0 Å². The zero-order valence-electron chi connectivity index (χ0n) is 20.4. The molecule has 0 saturated carbocycles. The highest BCUT2D eigenvalue weighted by Crippen LogP contribution is 2.36. The van der Waals surface area contributed by atoms with Gasteiger partial charge in [-0.2, -0.15) is 29.8 Å². The molecule has 0 bridgehead atoms. The third-order valence-electron chi connectivity index (χ3n) is 6.49. The van der Waals surface area contributed by atoms with Crippen LogP contribution < -0.4 is 10.2 Å². The summed E-state index contributed by atoms with van der Waals surface area (Å²) in [6.45, 7) is 5.51. The Balaban J connectivity index is 0.00000336. The number of nitriles is 1. The first kappa shape index (κ1) is 27.8. The van der Waals surface area contributed by atoms with Gasteiger partial charge in [-0.25, -0.2) is 9.97 Å². The fraction of sp³-hybridized carbons (Fsp3) is 0.296. The number of fused-ring (bicyclic) bond motifs is 1. The van der Waals surface area contributed by atoms with Crippen molar-refractivity contribution in [3.05, 3.63) is 76.2 Å². The highest BCUT2D eigenvalue weighted by molar-refractivity contribution is 7.08. The fourth-order valence-electron chi connectivity index (χ4n) is 4.54. The molecular formula is C27H26ClF3N6S. The molecule has 0 amide bonds. The number of rotatable bonds is 7. The molecule has 198 valence electrons. The lowest BCUT2D eigenvalue weighted by molar-refractivity contribution is -0.140. The van der Waals surface area contributed by atoms with E-state index in [9.17, 15) is 13.2 Å². The predicted octanol–water partition coefficient (Wildman–Crippen LogP) is 5.58. The second-order valence-electron chi connectivity index (χ2n) is 8.92. The van der Waals surface area contributed by atoms with E-state index in [1.807, 2.05) is 35.0 Å². The first-order valence-corrected chi connectivity index (χ1v) is 12.9. The van der Waals surface area contributed by atoms with E-state index in [1.165, 1.54) is 17.4 Å². The Labute approximate surface area is 229 Å². The van der Waals surface area contributed by atoms with Crippen LogP contribution in [0.5, 0.6) is 0 Å². The van der Waals surface area contributed by atoms with E-state index in [4.69, 9.17) is 5.26 Å². The van der Waals surface area contributed by atoms with Gasteiger partial charge in [-0.1, -0.05) is 12.1 Å². The Kier molecular flexibility index (Phi) is 8.84. The lowest BCUT2D eigenvalue weighted by Crippen LogP contribution is -2.48. The molecule has 0 atom stereocenters. The standard InChI is InChI=1S/C27H25F3N6S.ClH/c28-27(29,30)24-5-4-22-25(34-24)23(21-6-13-37-18-21)17-33-26(22)36-11-9-35(10-12-36)8-7-32-16-20-3-1-2-19(14-20)15-31;/h1-6,13-14,17-18,32H,7-12,16H2;1H. The molecule has 0 spiro atoms. The lowest BCUT2D eigenvalue weighted by atomic mass is 10.1. The second kappa shape index (κ2) is 12.1. The van der Waals surface area contributed by atoms with E-state index in [2.05, 4.69) is 31.2 Å². The van der Waals surface area contributed by atoms with Crippen molar-refractivity contribution < 1.29 is 13.2 Å². The van der Waals surface area contributed by atoms with Crippen LogP contribution in [0.1, 0.15) is 16.8 Å². The Hall–Kier alpha value is -3.23. The number of benzene rings is 1. The topological polar surface area (TPSA) is 68.1 Å². The summed E-state index contributed by atoms with van der Waals surface area (Å²) in [4.78, 5) is 13.2. The van der Waals surface area contributed by atoms with Gasteiger partial charge in [0.05, 0.1) is 17.1 Å². The van der Waals surface area contributed by atoms with E-state index < -0.39 is 11.9 Å². The summed E-state index contributed by atoms with van der Waals surface area (Å²) in [5, 5.41) is 16.9. The SMILES string of the molecule is Cl.N#Cc1cccc(CNCCN2CCN(c3ncc(-c4ccsc4)c4nc(C(F)(F)F)ccc34)CC2)c1. The molecule has 38 heavy (non-hydrogen) atoms. The fourth-order valence-corrected chi connectivity index (χ4v) is 5.20. The Morgan fingerprint density at radius 1 is 1.08 bits per heavy atom. The molecule has 0 aliphatic carbocycles. The van der Waals surface area contributed by atoms with Gasteiger partial charge in [0.15, 0.2) is 0 Å². The maximum Gasteiger partial charge on any atom is 0.433 e. The average Bonchev–Trinajstić information content (AvgIpc) is 3.45. The van der Waals surface area contributed by atoms with Gasteiger partial charge in [-0.3, -0.25) is 4.90 Å². The van der Waals surface area contributed by atoms with Crippen molar-refractivity contribution >= 4 is 40.5 Å². The number of alkyl halides is 3. The van der Waals surface area contributed by atoms with E-state index in [0.29, 0.717) is 34.4 Å². The van der Waals surface area contributed by atoms with Gasteiger partial charge in [0.2, 0.25) is 0 Å². The molecule has 0 radical (unpaired) electrons.